The standard InChI is InChI=1S/C19H24N.C18H14N2O.C18H14NO.C17H12N2O.C16H18N.C14H14N.CH4.3Ir/c1-5-16(11-10-14(2)3)19-12-18(15(4)13-20-19)17-8-6-7-9-17;1-11(2)4-7-15(19)13-5-6-14-16(10-13)21-18-17(14)12(3)8-9-20-18;1-3-14-15-8-4-5-10-17(15)20-18(14)12-13(2)16-9-6-7-11-19-16;1-3-4-8-15(18)14-7-5-6-12-13-10-9-11(2)19-17(13)20-16(12)14;1-11(2)14-5-7-15(8-6-14)16-9-12(3)13(4)10-17-16;1-10-4-6-13(7-5-10)14-8-11(2)12(3)9-15-14;;;;/h5,10,12-13,17H,2,6-9H2,1,3-4H3;4,6-10H,1H2,2-3H3;3-11H,2H2,1H3;3-6,8-10H,1H2,2H3;5-7,9-11H,1-4H3;4-6,8-9H,1-3H3;1H4;;;/q-1;-2;-1;-2;2*-1;;;2*+3/b16-5-;7-4-;14-3+;8-4-;;;;;;/i;2D3,4D,7D;6D,9D;1D,2D3,4D,8D;;1D3,3D3,4D,5D,6D,8D,9D;1D3;;;/b;2m;3-1?,8-4-;;;;;;. The number of benzene rings is 5. The average molecular weight is 2100 g/mol. The van der Waals surface area contributed by atoms with E-state index in [4.69, 9.17) is 50.3 Å². The molecular formula is C103H100Ir3N8O3-2. The summed E-state index contributed by atoms with van der Waals surface area (Å²) in [6.07, 6.45) is 25.2. The van der Waals surface area contributed by atoms with Gasteiger partial charge in [0.1, 0.15) is 5.58 Å². The van der Waals surface area contributed by atoms with Crippen LogP contribution in [0, 0.1) is 85.5 Å². The van der Waals surface area contributed by atoms with Crippen molar-refractivity contribution in [1.82, 2.24) is 29.9 Å². The molecule has 1 radical (unpaired) electrons. The summed E-state index contributed by atoms with van der Waals surface area (Å²) in [7, 11) is -1.42. The monoisotopic (exact) mass is 2100 g/mol. The van der Waals surface area contributed by atoms with E-state index in [0.29, 0.717) is 44.7 Å². The summed E-state index contributed by atoms with van der Waals surface area (Å²) in [5.74, 6) is 1.27. The van der Waals surface area contributed by atoms with Gasteiger partial charge in [-0.05, 0) is 167 Å². The van der Waals surface area contributed by atoms with Crippen molar-refractivity contribution in [3.05, 3.63) is 380 Å². The first-order chi connectivity index (χ1) is 66.1. The molecule has 0 atom stereocenters. The molecule has 0 aliphatic heterocycles. The Morgan fingerprint density at radius 3 is 2.22 bits per heavy atom. The number of furan rings is 3. The van der Waals surface area contributed by atoms with Gasteiger partial charge in [0.2, 0.25) is 11.4 Å². The first-order valence-corrected chi connectivity index (χ1v) is 36.1. The van der Waals surface area contributed by atoms with E-state index in [1.807, 2.05) is 82.6 Å². The zero-order valence-corrected chi connectivity index (χ0v) is 73.2. The number of pyridine rings is 6. The molecule has 1 saturated carbocycles. The third kappa shape index (κ3) is 25.3. The maximum Gasteiger partial charge on any atom is 3.00 e. The fraction of sp³-hybridized carbons (Fsp3) is 0.204. The van der Waals surface area contributed by atoms with E-state index in [9.17, 15) is 10.8 Å². The van der Waals surface area contributed by atoms with Gasteiger partial charge < -0.3 is 44.0 Å². The van der Waals surface area contributed by atoms with Crippen LogP contribution >= 0.6 is 0 Å². The molecule has 11 nitrogen and oxygen atoms in total. The van der Waals surface area contributed by atoms with Gasteiger partial charge in [-0.3, -0.25) is 0 Å². The molecule has 15 rings (SSSR count). The van der Waals surface area contributed by atoms with E-state index in [1.54, 1.807) is 24.4 Å². The van der Waals surface area contributed by atoms with Crippen LogP contribution in [0.25, 0.3) is 112 Å². The number of hydrogen-bond acceptors (Lipinski definition) is 9. The minimum atomic E-state index is -2.78. The van der Waals surface area contributed by atoms with E-state index >= 15 is 0 Å². The number of aromatic nitrogens is 6. The van der Waals surface area contributed by atoms with Gasteiger partial charge >= 0.3 is 40.2 Å². The average Bonchev–Trinajstić information content (AvgIpc) is 1.24. The van der Waals surface area contributed by atoms with Crippen molar-refractivity contribution >= 4 is 89.8 Å². The molecule has 0 N–H and O–H groups in total. The Kier molecular flexibility index (Phi) is 23.9. The summed E-state index contributed by atoms with van der Waals surface area (Å²) in [4.78, 5) is 25.1. The maximum atomic E-state index is 10.3. The quantitative estimate of drug-likeness (QED) is 0.0552. The topological polar surface area (TPSA) is 161 Å². The van der Waals surface area contributed by atoms with Crippen LogP contribution in [0.4, 0.5) is 0 Å². The fourth-order valence-electron chi connectivity index (χ4n) is 11.8. The van der Waals surface area contributed by atoms with Crippen LogP contribution in [0.15, 0.2) is 263 Å². The van der Waals surface area contributed by atoms with Crippen LogP contribution in [-0.4, -0.2) is 41.3 Å². The fourth-order valence-corrected chi connectivity index (χ4v) is 11.8. The van der Waals surface area contributed by atoms with Gasteiger partial charge in [-0.25, -0.2) is 21.4 Å². The molecule has 14 heteroatoms. The van der Waals surface area contributed by atoms with Gasteiger partial charge in [0.25, 0.3) is 0 Å². The van der Waals surface area contributed by atoms with Crippen molar-refractivity contribution in [2.45, 2.75) is 142 Å². The number of nitrogens with zero attached hydrogens (tertiary/aromatic N) is 8. The van der Waals surface area contributed by atoms with Gasteiger partial charge in [-0.1, -0.05) is 181 Å². The van der Waals surface area contributed by atoms with Gasteiger partial charge in [-0.2, -0.15) is 18.2 Å². The van der Waals surface area contributed by atoms with Gasteiger partial charge in [0, 0.05) is 99.2 Å². The maximum absolute atomic E-state index is 10.3. The van der Waals surface area contributed by atoms with Crippen LogP contribution in [0.3, 0.4) is 0 Å². The first kappa shape index (κ1) is 61.4. The number of para-hydroxylation sites is 1. The van der Waals surface area contributed by atoms with Crippen LogP contribution < -0.4 is 10.6 Å². The number of fused-ring (bicyclic) bond motifs is 7. The van der Waals surface area contributed by atoms with Crippen molar-refractivity contribution in [2.75, 3.05) is 0 Å². The smallest absolute Gasteiger partial charge is 0.855 e. The summed E-state index contributed by atoms with van der Waals surface area (Å²) >= 11 is 0. The van der Waals surface area contributed by atoms with Gasteiger partial charge in [0.05, 0.1) is 20.6 Å². The molecule has 1 aliphatic carbocycles. The third-order valence-corrected chi connectivity index (χ3v) is 17.9. The second-order valence-corrected chi connectivity index (χ2v) is 26.5. The number of allylic oxidation sites excluding steroid dienone is 12. The Labute approximate surface area is 770 Å². The normalized spacial score (nSPS) is 16.2. The minimum absolute atomic E-state index is 0. The second-order valence-electron chi connectivity index (χ2n) is 26.5. The van der Waals surface area contributed by atoms with Crippen LogP contribution in [0.5, 0.6) is 0 Å². The largest absolute Gasteiger partial charge is 3.00 e. The predicted octanol–water partition coefficient (Wildman–Crippen LogP) is 25.5. The Hall–Kier alpha value is -10.9. The Morgan fingerprint density at radius 1 is 0.701 bits per heavy atom. The van der Waals surface area contributed by atoms with E-state index in [2.05, 4.69) is 157 Å². The Balaban J connectivity index is 0.000000262. The molecule has 0 unspecified atom stereocenters. The van der Waals surface area contributed by atoms with Crippen LogP contribution in [0.1, 0.15) is 202 Å². The molecule has 14 aromatic rings. The molecule has 5 aromatic carbocycles. The molecule has 9 aromatic heterocycles. The third-order valence-electron chi connectivity index (χ3n) is 17.9. The van der Waals surface area contributed by atoms with E-state index in [-0.39, 0.29) is 129 Å². The second kappa shape index (κ2) is 45.6. The van der Waals surface area contributed by atoms with Crippen molar-refractivity contribution in [3.8, 4) is 22.5 Å². The molecule has 0 saturated heterocycles. The van der Waals surface area contributed by atoms with E-state index in [0.717, 1.165) is 79.2 Å². The number of rotatable bonds is 15. The van der Waals surface area contributed by atoms with Crippen molar-refractivity contribution in [3.63, 3.8) is 0 Å². The van der Waals surface area contributed by atoms with Crippen LogP contribution in [0.2, 0.25) is 0 Å². The summed E-state index contributed by atoms with van der Waals surface area (Å²) in [6.45, 7) is 21.5. The summed E-state index contributed by atoms with van der Waals surface area (Å²) in [5, 5.41) is 25.3. The molecule has 1 fully saturated rings. The van der Waals surface area contributed by atoms with Crippen molar-refractivity contribution in [2.24, 2.45) is 0 Å². The zero-order valence-electron chi connectivity index (χ0n) is 93.0. The minimum Gasteiger partial charge on any atom is -0.855 e. The number of hydrogen-bond donors (Lipinski definition) is 0. The van der Waals surface area contributed by atoms with Crippen LogP contribution in [-0.2, 0) is 60.3 Å². The van der Waals surface area contributed by atoms with Crippen molar-refractivity contribution < 1.29 is 111 Å². The number of aryl methyl sites for hydroxylation is 5. The Morgan fingerprint density at radius 2 is 1.50 bits per heavy atom. The molecule has 1 aliphatic rings. The predicted molar refractivity (Wildman–Crippen MR) is 479 cm³/mol. The van der Waals surface area contributed by atoms with E-state index < -0.39 is 105 Å². The van der Waals surface area contributed by atoms with Gasteiger partial charge in [0.15, 0.2) is 0 Å². The van der Waals surface area contributed by atoms with E-state index in [1.165, 1.54) is 90.9 Å². The summed E-state index contributed by atoms with van der Waals surface area (Å²) in [6, 6.07) is 38.0. The molecule has 9 heterocycles. The molecule has 0 bridgehead atoms. The molecule has 117 heavy (non-hydrogen) atoms. The summed E-state index contributed by atoms with van der Waals surface area (Å²) in [5.41, 5.74) is 12.8. The zero-order chi connectivity index (χ0) is 105. The molecule has 0 amide bonds. The molecular weight excluding hydrogens is 1970 g/mol. The molecule has 599 valence electrons. The first-order valence-electron chi connectivity index (χ1n) is 49.9. The summed E-state index contributed by atoms with van der Waals surface area (Å²) < 4.78 is 217. The Bertz CT molecular complexity index is 7310. The SMILES string of the molecule is C=C(C)C=[C-]/C(=C/C)c1cc(C2CCCC2)c(C)cn1.Cc1cnc(-c2[c-]cc(C(C)C)cc2)cc1C.[2H]/C(C(=C)C([2H])([2H])[2H])=C(\[2H])C(=[N-])c1[c-]cc2c(c1)oc1nccc(C)c12.[2H]C([2H])[2H].[2H]C=C/C([2H])=C(/[2H])C(=[N-])c1[c-]ccc2c1oc1nc(C([2H])([2H])[2H])ccc12.[2H]c1[c-]c(-c2nc([2H])c(C([2H])([2H])[2H])c(C)c2[2H])c([2H])c([2H])c1C([2H])([2H])[2H].[2H]c1ccnc(C(=C)[C-]=c2oc3ccccc3/c2=C\C)c1[2H].[Ir+3].[Ir+3].[Ir]. The van der Waals surface area contributed by atoms with Crippen molar-refractivity contribution in [1.29, 1.82) is 0 Å². The molecule has 0 spiro atoms. The van der Waals surface area contributed by atoms with Gasteiger partial charge in [-0.15, -0.1) is 166 Å².